The van der Waals surface area contributed by atoms with Gasteiger partial charge in [-0.25, -0.2) is 8.42 Å². The average molecular weight is 268 g/mol. The summed E-state index contributed by atoms with van der Waals surface area (Å²) in [5.41, 5.74) is 0.627. The first-order valence-electron chi connectivity index (χ1n) is 5.79. The number of nitrogens with one attached hydrogen (secondary N) is 1. The predicted octanol–water partition coefficient (Wildman–Crippen LogP) is 1.15. The second-order valence-corrected chi connectivity index (χ2v) is 5.90. The molecule has 0 fully saturated rings. The van der Waals surface area contributed by atoms with Crippen molar-refractivity contribution in [2.75, 3.05) is 13.2 Å². The van der Waals surface area contributed by atoms with Gasteiger partial charge in [0, 0.05) is 5.56 Å². The Bertz CT molecular complexity index is 564. The van der Waals surface area contributed by atoms with Crippen LogP contribution in [0.1, 0.15) is 19.4 Å². The Morgan fingerprint density at radius 2 is 2.06 bits per heavy atom. The lowest BCUT2D eigenvalue weighted by molar-refractivity contribution is 0.0853. The van der Waals surface area contributed by atoms with E-state index in [0.29, 0.717) is 24.6 Å². The van der Waals surface area contributed by atoms with Crippen LogP contribution < -0.4 is 4.72 Å². The molecule has 1 aromatic rings. The number of amidine groups is 1. The lowest BCUT2D eigenvalue weighted by atomic mass is 10.2. The van der Waals surface area contributed by atoms with Crippen molar-refractivity contribution in [2.24, 2.45) is 4.99 Å². The summed E-state index contributed by atoms with van der Waals surface area (Å²) in [5.74, 6) is 0.401. The SMILES string of the molecule is CC(C)OCCN=C1NS(=O)(=O)c2ccccc21. The lowest BCUT2D eigenvalue weighted by Crippen LogP contribution is -2.23. The van der Waals surface area contributed by atoms with Crippen molar-refractivity contribution in [1.82, 2.24) is 4.72 Å². The summed E-state index contributed by atoms with van der Waals surface area (Å²) in [6, 6.07) is 6.81. The van der Waals surface area contributed by atoms with E-state index in [-0.39, 0.29) is 11.0 Å². The first kappa shape index (κ1) is 13.0. The van der Waals surface area contributed by atoms with E-state index in [1.54, 1.807) is 24.3 Å². The first-order valence-corrected chi connectivity index (χ1v) is 7.27. The van der Waals surface area contributed by atoms with Gasteiger partial charge >= 0.3 is 0 Å². The van der Waals surface area contributed by atoms with Crippen LogP contribution in [-0.2, 0) is 14.8 Å². The van der Waals surface area contributed by atoms with Gasteiger partial charge in [0.15, 0.2) is 0 Å². The molecule has 0 amide bonds. The molecule has 0 bridgehead atoms. The average Bonchev–Trinajstić information content (AvgIpc) is 2.57. The standard InChI is InChI=1S/C12H16N2O3S/c1-9(2)17-8-7-13-12-10-5-3-4-6-11(10)18(15,16)14-12/h3-6,9H,7-8H2,1-2H3,(H,13,14). The summed E-state index contributed by atoms with van der Waals surface area (Å²) in [5, 5.41) is 0. The van der Waals surface area contributed by atoms with Crippen molar-refractivity contribution >= 4 is 15.9 Å². The molecule has 0 aliphatic carbocycles. The number of aliphatic imine (C=N–C) groups is 1. The van der Waals surface area contributed by atoms with Crippen LogP contribution in [0.15, 0.2) is 34.2 Å². The Labute approximate surface area is 107 Å². The van der Waals surface area contributed by atoms with Crippen molar-refractivity contribution in [3.05, 3.63) is 29.8 Å². The van der Waals surface area contributed by atoms with Gasteiger partial charge in [-0.2, -0.15) is 0 Å². The Hall–Kier alpha value is -1.40. The molecular formula is C12H16N2O3S. The van der Waals surface area contributed by atoms with Crippen LogP contribution in [0.3, 0.4) is 0 Å². The normalized spacial score (nSPS) is 18.9. The van der Waals surface area contributed by atoms with Gasteiger partial charge in [0.2, 0.25) is 0 Å². The van der Waals surface area contributed by atoms with Crippen LogP contribution in [0.5, 0.6) is 0 Å². The molecule has 0 atom stereocenters. The molecule has 98 valence electrons. The van der Waals surface area contributed by atoms with Gasteiger partial charge in [-0.15, -0.1) is 0 Å². The summed E-state index contributed by atoms with van der Waals surface area (Å²) in [7, 11) is -3.43. The summed E-state index contributed by atoms with van der Waals surface area (Å²) in [6.07, 6.45) is 0.151. The minimum Gasteiger partial charge on any atom is -0.377 e. The molecule has 5 nitrogen and oxygen atoms in total. The molecule has 0 radical (unpaired) electrons. The lowest BCUT2D eigenvalue weighted by Gasteiger charge is -2.05. The Balaban J connectivity index is 2.15. The first-order chi connectivity index (χ1) is 8.50. The number of rotatable bonds is 4. The minimum atomic E-state index is -3.43. The van der Waals surface area contributed by atoms with Crippen LogP contribution in [0.25, 0.3) is 0 Å². The molecule has 1 aromatic carbocycles. The van der Waals surface area contributed by atoms with E-state index in [1.165, 1.54) is 0 Å². The zero-order valence-corrected chi connectivity index (χ0v) is 11.2. The molecule has 1 aliphatic heterocycles. The topological polar surface area (TPSA) is 67.8 Å². The minimum absolute atomic E-state index is 0.151. The number of sulfonamides is 1. The second kappa shape index (κ2) is 5.07. The summed E-state index contributed by atoms with van der Waals surface area (Å²) < 4.78 is 31.4. The predicted molar refractivity (Wildman–Crippen MR) is 69.3 cm³/mol. The number of fused-ring (bicyclic) bond motifs is 1. The van der Waals surface area contributed by atoms with E-state index in [1.807, 2.05) is 13.8 Å². The monoisotopic (exact) mass is 268 g/mol. The maximum atomic E-state index is 11.8. The van der Waals surface area contributed by atoms with Crippen molar-refractivity contribution in [2.45, 2.75) is 24.8 Å². The van der Waals surface area contributed by atoms with Crippen LogP contribution >= 0.6 is 0 Å². The van der Waals surface area contributed by atoms with Crippen LogP contribution in [-0.4, -0.2) is 33.5 Å². The van der Waals surface area contributed by atoms with E-state index in [2.05, 4.69) is 9.71 Å². The number of hydrogen-bond acceptors (Lipinski definition) is 4. The Kier molecular flexibility index (Phi) is 3.68. The fourth-order valence-corrected chi connectivity index (χ4v) is 2.95. The number of ether oxygens (including phenoxy) is 1. The highest BCUT2D eigenvalue weighted by molar-refractivity contribution is 7.90. The van der Waals surface area contributed by atoms with Crippen LogP contribution in [0.4, 0.5) is 0 Å². The summed E-state index contributed by atoms with van der Waals surface area (Å²) >= 11 is 0. The van der Waals surface area contributed by atoms with E-state index >= 15 is 0 Å². The zero-order chi connectivity index (χ0) is 13.2. The Morgan fingerprint density at radius 3 is 2.78 bits per heavy atom. The van der Waals surface area contributed by atoms with Gasteiger partial charge in [0.1, 0.15) is 5.84 Å². The van der Waals surface area contributed by atoms with Crippen molar-refractivity contribution in [3.63, 3.8) is 0 Å². The summed E-state index contributed by atoms with van der Waals surface area (Å²) in [4.78, 5) is 4.52. The van der Waals surface area contributed by atoms with E-state index < -0.39 is 10.0 Å². The molecule has 0 unspecified atom stereocenters. The smallest absolute Gasteiger partial charge is 0.263 e. The molecule has 2 rings (SSSR count). The molecule has 0 saturated carbocycles. The fourth-order valence-electron chi connectivity index (χ4n) is 1.70. The van der Waals surface area contributed by atoms with Crippen LogP contribution in [0, 0.1) is 0 Å². The highest BCUT2D eigenvalue weighted by atomic mass is 32.2. The largest absolute Gasteiger partial charge is 0.377 e. The van der Waals surface area contributed by atoms with Gasteiger partial charge in [-0.1, -0.05) is 12.1 Å². The molecule has 0 aromatic heterocycles. The molecule has 1 aliphatic rings. The molecule has 0 spiro atoms. The van der Waals surface area contributed by atoms with E-state index in [9.17, 15) is 8.42 Å². The maximum Gasteiger partial charge on any atom is 0.263 e. The molecule has 1 N–H and O–H groups in total. The van der Waals surface area contributed by atoms with Gasteiger partial charge in [-0.05, 0) is 26.0 Å². The number of hydrogen-bond donors (Lipinski definition) is 1. The van der Waals surface area contributed by atoms with Gasteiger partial charge in [0.05, 0.1) is 24.2 Å². The third-order valence-corrected chi connectivity index (χ3v) is 3.87. The molecule has 1 heterocycles. The molecular weight excluding hydrogens is 252 g/mol. The quantitative estimate of drug-likeness (QED) is 0.833. The van der Waals surface area contributed by atoms with Crippen molar-refractivity contribution < 1.29 is 13.2 Å². The zero-order valence-electron chi connectivity index (χ0n) is 10.4. The molecule has 0 saturated heterocycles. The number of benzene rings is 1. The molecule has 18 heavy (non-hydrogen) atoms. The van der Waals surface area contributed by atoms with Gasteiger partial charge in [-0.3, -0.25) is 9.71 Å². The van der Waals surface area contributed by atoms with E-state index in [4.69, 9.17) is 4.74 Å². The summed E-state index contributed by atoms with van der Waals surface area (Å²) in [6.45, 7) is 4.80. The highest BCUT2D eigenvalue weighted by Gasteiger charge is 2.29. The third kappa shape index (κ3) is 2.70. The second-order valence-electron chi connectivity index (χ2n) is 4.25. The fraction of sp³-hybridized carbons (Fsp3) is 0.417. The Morgan fingerprint density at radius 1 is 1.33 bits per heavy atom. The number of nitrogens with zero attached hydrogens (tertiary/aromatic N) is 1. The van der Waals surface area contributed by atoms with Gasteiger partial charge in [0.25, 0.3) is 10.0 Å². The third-order valence-electron chi connectivity index (χ3n) is 2.48. The van der Waals surface area contributed by atoms with Gasteiger partial charge < -0.3 is 4.74 Å². The molecule has 6 heteroatoms. The van der Waals surface area contributed by atoms with Crippen molar-refractivity contribution in [3.8, 4) is 0 Å². The van der Waals surface area contributed by atoms with Crippen LogP contribution in [0.2, 0.25) is 0 Å². The maximum absolute atomic E-state index is 11.8. The van der Waals surface area contributed by atoms with E-state index in [0.717, 1.165) is 0 Å². The highest BCUT2D eigenvalue weighted by Crippen LogP contribution is 2.21. The van der Waals surface area contributed by atoms with Crippen molar-refractivity contribution in [1.29, 1.82) is 0 Å².